The Kier molecular flexibility index (Phi) is 5.39. The molecule has 1 unspecified atom stereocenters. The highest BCUT2D eigenvalue weighted by atomic mass is 19.4. The van der Waals surface area contributed by atoms with E-state index in [1.165, 1.54) is 6.42 Å². The number of likely N-dealkylation sites (tertiary alicyclic amines) is 1. The van der Waals surface area contributed by atoms with Crippen molar-refractivity contribution in [3.8, 4) is 0 Å². The Balaban J connectivity index is 1.90. The largest absolute Gasteiger partial charge is 0.417 e. The number of rotatable bonds is 4. The van der Waals surface area contributed by atoms with Gasteiger partial charge in [0.25, 0.3) is 5.91 Å². The maximum atomic E-state index is 12.8. The SMILES string of the molecule is CC1CCCN(CCNC(=O)c2cnccc2C(F)(F)F)C1. The van der Waals surface area contributed by atoms with Crippen molar-refractivity contribution in [2.24, 2.45) is 5.92 Å². The van der Waals surface area contributed by atoms with Crippen LogP contribution >= 0.6 is 0 Å². The fraction of sp³-hybridized carbons (Fsp3) is 0.600. The molecule has 1 saturated heterocycles. The second kappa shape index (κ2) is 7.09. The second-order valence-electron chi connectivity index (χ2n) is 5.72. The van der Waals surface area contributed by atoms with E-state index in [0.717, 1.165) is 38.0 Å². The molecule has 2 heterocycles. The molecule has 22 heavy (non-hydrogen) atoms. The van der Waals surface area contributed by atoms with Gasteiger partial charge >= 0.3 is 6.18 Å². The Labute approximate surface area is 127 Å². The predicted octanol–water partition coefficient (Wildman–Crippen LogP) is 2.56. The lowest BCUT2D eigenvalue weighted by Gasteiger charge is -2.30. The second-order valence-corrected chi connectivity index (χ2v) is 5.72. The van der Waals surface area contributed by atoms with Crippen LogP contribution in [0.4, 0.5) is 13.2 Å². The smallest absolute Gasteiger partial charge is 0.351 e. The molecule has 7 heteroatoms. The Morgan fingerprint density at radius 3 is 2.95 bits per heavy atom. The van der Waals surface area contributed by atoms with Gasteiger partial charge in [0, 0.05) is 32.0 Å². The molecule has 1 amide bonds. The Bertz CT molecular complexity index is 519. The molecule has 1 N–H and O–H groups in total. The van der Waals surface area contributed by atoms with Gasteiger partial charge in [0.2, 0.25) is 0 Å². The fourth-order valence-corrected chi connectivity index (χ4v) is 2.74. The number of halogens is 3. The first-order valence-corrected chi connectivity index (χ1v) is 7.39. The molecule has 0 spiro atoms. The van der Waals surface area contributed by atoms with E-state index < -0.39 is 23.2 Å². The van der Waals surface area contributed by atoms with Crippen molar-refractivity contribution < 1.29 is 18.0 Å². The van der Waals surface area contributed by atoms with Crippen LogP contribution in [0.3, 0.4) is 0 Å². The molecule has 0 radical (unpaired) electrons. The van der Waals surface area contributed by atoms with Crippen molar-refractivity contribution in [2.45, 2.75) is 25.9 Å². The standard InChI is InChI=1S/C15H20F3N3O/c1-11-3-2-7-21(10-11)8-6-20-14(22)12-9-19-5-4-13(12)15(16,17)18/h4-5,9,11H,2-3,6-8,10H2,1H3,(H,20,22). The van der Waals surface area contributed by atoms with Crippen molar-refractivity contribution in [1.29, 1.82) is 0 Å². The molecule has 1 aliphatic heterocycles. The van der Waals surface area contributed by atoms with E-state index in [2.05, 4.69) is 22.1 Å². The monoisotopic (exact) mass is 315 g/mol. The van der Waals surface area contributed by atoms with Crippen LogP contribution in [0.5, 0.6) is 0 Å². The van der Waals surface area contributed by atoms with Crippen molar-refractivity contribution in [3.05, 3.63) is 29.6 Å². The third kappa shape index (κ3) is 4.43. The van der Waals surface area contributed by atoms with E-state index in [1.54, 1.807) is 0 Å². The molecule has 1 atom stereocenters. The van der Waals surface area contributed by atoms with E-state index in [4.69, 9.17) is 0 Å². The summed E-state index contributed by atoms with van der Waals surface area (Å²) in [6, 6.07) is 0.821. The van der Waals surface area contributed by atoms with Crippen LogP contribution in [0.25, 0.3) is 0 Å². The summed E-state index contributed by atoms with van der Waals surface area (Å²) in [4.78, 5) is 17.8. The Hall–Kier alpha value is -1.63. The lowest BCUT2D eigenvalue weighted by molar-refractivity contribution is -0.138. The molecule has 0 saturated carbocycles. The molecule has 0 aliphatic carbocycles. The molecule has 2 rings (SSSR count). The highest BCUT2D eigenvalue weighted by Crippen LogP contribution is 2.31. The first kappa shape index (κ1) is 16.7. The molecule has 122 valence electrons. The number of nitrogens with zero attached hydrogens (tertiary/aromatic N) is 2. The number of alkyl halides is 3. The number of aromatic nitrogens is 1. The van der Waals surface area contributed by atoms with Crippen LogP contribution in [0.15, 0.2) is 18.5 Å². The molecule has 1 aromatic heterocycles. The molecule has 1 aliphatic rings. The fourth-order valence-electron chi connectivity index (χ4n) is 2.74. The maximum absolute atomic E-state index is 12.8. The zero-order valence-electron chi connectivity index (χ0n) is 12.5. The third-order valence-electron chi connectivity index (χ3n) is 3.83. The summed E-state index contributed by atoms with van der Waals surface area (Å²) in [6.45, 7) is 5.10. The van der Waals surface area contributed by atoms with Crippen LogP contribution in [0.1, 0.15) is 35.7 Å². The van der Waals surface area contributed by atoms with Crippen LogP contribution in [-0.4, -0.2) is 42.0 Å². The number of hydrogen-bond acceptors (Lipinski definition) is 3. The number of nitrogens with one attached hydrogen (secondary N) is 1. The van der Waals surface area contributed by atoms with Gasteiger partial charge in [-0.15, -0.1) is 0 Å². The van der Waals surface area contributed by atoms with Crippen molar-refractivity contribution >= 4 is 5.91 Å². The number of pyridine rings is 1. The number of piperidine rings is 1. The summed E-state index contributed by atoms with van der Waals surface area (Å²) in [5.74, 6) is -0.106. The summed E-state index contributed by atoms with van der Waals surface area (Å²) in [5.41, 5.74) is -1.38. The summed E-state index contributed by atoms with van der Waals surface area (Å²) >= 11 is 0. The predicted molar refractivity (Wildman–Crippen MR) is 76.4 cm³/mol. The van der Waals surface area contributed by atoms with E-state index in [0.29, 0.717) is 19.0 Å². The summed E-state index contributed by atoms with van der Waals surface area (Å²) in [5, 5.41) is 2.55. The van der Waals surface area contributed by atoms with Crippen LogP contribution in [0, 0.1) is 5.92 Å². The van der Waals surface area contributed by atoms with Crippen molar-refractivity contribution in [3.63, 3.8) is 0 Å². The lowest BCUT2D eigenvalue weighted by Crippen LogP contribution is -2.40. The molecule has 1 aromatic rings. The zero-order valence-corrected chi connectivity index (χ0v) is 12.5. The average molecular weight is 315 g/mol. The van der Waals surface area contributed by atoms with Gasteiger partial charge in [-0.2, -0.15) is 13.2 Å². The topological polar surface area (TPSA) is 45.2 Å². The van der Waals surface area contributed by atoms with Gasteiger partial charge in [-0.25, -0.2) is 0 Å². The molecule has 0 aromatic carbocycles. The number of carbonyl (C=O) groups excluding carboxylic acids is 1. The van der Waals surface area contributed by atoms with E-state index in [9.17, 15) is 18.0 Å². The highest BCUT2D eigenvalue weighted by Gasteiger charge is 2.35. The number of amides is 1. The van der Waals surface area contributed by atoms with Crippen molar-refractivity contribution in [2.75, 3.05) is 26.2 Å². The van der Waals surface area contributed by atoms with Gasteiger partial charge in [-0.05, 0) is 31.4 Å². The minimum Gasteiger partial charge on any atom is -0.351 e. The maximum Gasteiger partial charge on any atom is 0.417 e. The van der Waals surface area contributed by atoms with Gasteiger partial charge in [0.15, 0.2) is 0 Å². The average Bonchev–Trinajstić information content (AvgIpc) is 2.46. The quantitative estimate of drug-likeness (QED) is 0.929. The van der Waals surface area contributed by atoms with Gasteiger partial charge < -0.3 is 10.2 Å². The van der Waals surface area contributed by atoms with Gasteiger partial charge in [0.05, 0.1) is 11.1 Å². The van der Waals surface area contributed by atoms with Crippen LogP contribution in [-0.2, 0) is 6.18 Å². The van der Waals surface area contributed by atoms with E-state index >= 15 is 0 Å². The summed E-state index contributed by atoms with van der Waals surface area (Å²) in [6.07, 6.45) is -0.239. The molecule has 0 bridgehead atoms. The first-order valence-electron chi connectivity index (χ1n) is 7.39. The first-order chi connectivity index (χ1) is 10.4. The van der Waals surface area contributed by atoms with Crippen molar-refractivity contribution in [1.82, 2.24) is 15.2 Å². The summed E-state index contributed by atoms with van der Waals surface area (Å²) in [7, 11) is 0. The lowest BCUT2D eigenvalue weighted by atomic mass is 10.0. The molecular formula is C15H20F3N3O. The van der Waals surface area contributed by atoms with Gasteiger partial charge in [0.1, 0.15) is 0 Å². The zero-order chi connectivity index (χ0) is 16.2. The minimum atomic E-state index is -4.56. The molecule has 4 nitrogen and oxygen atoms in total. The third-order valence-corrected chi connectivity index (χ3v) is 3.83. The Morgan fingerprint density at radius 2 is 2.27 bits per heavy atom. The van der Waals surface area contributed by atoms with E-state index in [-0.39, 0.29) is 0 Å². The number of hydrogen-bond donors (Lipinski definition) is 1. The number of carbonyl (C=O) groups is 1. The normalized spacial score (nSPS) is 19.9. The Morgan fingerprint density at radius 1 is 1.50 bits per heavy atom. The highest BCUT2D eigenvalue weighted by molar-refractivity contribution is 5.95. The van der Waals surface area contributed by atoms with Crippen LogP contribution < -0.4 is 5.32 Å². The molecule has 1 fully saturated rings. The van der Waals surface area contributed by atoms with Gasteiger partial charge in [-0.3, -0.25) is 9.78 Å². The van der Waals surface area contributed by atoms with Gasteiger partial charge in [-0.1, -0.05) is 6.92 Å². The van der Waals surface area contributed by atoms with E-state index in [1.807, 2.05) is 0 Å². The summed E-state index contributed by atoms with van der Waals surface area (Å²) < 4.78 is 38.5. The minimum absolute atomic E-state index is 0.331. The molecular weight excluding hydrogens is 295 g/mol. The van der Waals surface area contributed by atoms with Crippen LogP contribution in [0.2, 0.25) is 0 Å².